The molecule has 0 amide bonds. The Morgan fingerprint density at radius 1 is 1.10 bits per heavy atom. The van der Waals surface area contributed by atoms with Crippen molar-refractivity contribution < 1.29 is 0 Å². The van der Waals surface area contributed by atoms with Crippen molar-refractivity contribution in [3.05, 3.63) is 70.8 Å². The van der Waals surface area contributed by atoms with Gasteiger partial charge in [0.25, 0.3) is 5.56 Å². The van der Waals surface area contributed by atoms with E-state index in [9.17, 15) is 4.79 Å². The molecule has 4 heteroatoms. The van der Waals surface area contributed by atoms with Crippen LogP contribution in [-0.2, 0) is 6.54 Å². The maximum atomic E-state index is 12.5. The third-order valence-electron chi connectivity index (χ3n) is 3.38. The lowest BCUT2D eigenvalue weighted by Gasteiger charge is -2.08. The molecule has 21 heavy (non-hydrogen) atoms. The SMILES string of the molecule is CCNc1cccc(Cn2ccc3ccccc3c2=O)n1. The summed E-state index contributed by atoms with van der Waals surface area (Å²) in [4.78, 5) is 17.0. The van der Waals surface area contributed by atoms with Crippen molar-refractivity contribution in [2.24, 2.45) is 0 Å². The smallest absolute Gasteiger partial charge is 0.258 e. The molecule has 2 aromatic heterocycles. The van der Waals surface area contributed by atoms with Crippen LogP contribution in [0, 0.1) is 0 Å². The highest BCUT2D eigenvalue weighted by molar-refractivity contribution is 5.81. The minimum Gasteiger partial charge on any atom is -0.370 e. The number of anilines is 1. The number of pyridine rings is 2. The second-order valence-corrected chi connectivity index (χ2v) is 4.88. The van der Waals surface area contributed by atoms with Crippen molar-refractivity contribution in [2.45, 2.75) is 13.5 Å². The second kappa shape index (κ2) is 5.79. The van der Waals surface area contributed by atoms with Gasteiger partial charge in [0.15, 0.2) is 0 Å². The largest absolute Gasteiger partial charge is 0.370 e. The molecule has 2 heterocycles. The standard InChI is InChI=1S/C17H17N3O/c1-2-18-16-9-5-7-14(19-16)12-20-11-10-13-6-3-4-8-15(13)17(20)21/h3-11H,2,12H2,1H3,(H,18,19). The molecular weight excluding hydrogens is 262 g/mol. The zero-order valence-corrected chi connectivity index (χ0v) is 11.9. The van der Waals surface area contributed by atoms with Crippen molar-refractivity contribution in [3.63, 3.8) is 0 Å². The summed E-state index contributed by atoms with van der Waals surface area (Å²) in [6, 6.07) is 15.4. The van der Waals surface area contributed by atoms with E-state index in [1.54, 1.807) is 4.57 Å². The molecule has 0 spiro atoms. The van der Waals surface area contributed by atoms with Gasteiger partial charge in [-0.3, -0.25) is 4.79 Å². The van der Waals surface area contributed by atoms with E-state index in [1.807, 2.05) is 61.7 Å². The molecule has 1 aromatic carbocycles. The molecule has 0 atom stereocenters. The van der Waals surface area contributed by atoms with Gasteiger partial charge in [0.05, 0.1) is 12.2 Å². The maximum absolute atomic E-state index is 12.5. The molecule has 0 aliphatic rings. The van der Waals surface area contributed by atoms with E-state index in [-0.39, 0.29) is 5.56 Å². The molecule has 0 aliphatic heterocycles. The Kier molecular flexibility index (Phi) is 3.69. The topological polar surface area (TPSA) is 46.9 Å². The van der Waals surface area contributed by atoms with Crippen molar-refractivity contribution >= 4 is 16.6 Å². The van der Waals surface area contributed by atoms with Gasteiger partial charge in [-0.05, 0) is 36.6 Å². The molecule has 0 saturated carbocycles. The Bertz CT molecular complexity index is 823. The maximum Gasteiger partial charge on any atom is 0.258 e. The molecule has 0 fully saturated rings. The average molecular weight is 279 g/mol. The summed E-state index contributed by atoms with van der Waals surface area (Å²) in [5.41, 5.74) is 0.884. The van der Waals surface area contributed by atoms with Crippen LogP contribution in [0.1, 0.15) is 12.6 Å². The summed E-state index contributed by atoms with van der Waals surface area (Å²) in [5.74, 6) is 0.837. The van der Waals surface area contributed by atoms with Crippen LogP contribution in [-0.4, -0.2) is 16.1 Å². The van der Waals surface area contributed by atoms with Gasteiger partial charge < -0.3 is 9.88 Å². The van der Waals surface area contributed by atoms with Crippen molar-refractivity contribution in [2.75, 3.05) is 11.9 Å². The monoisotopic (exact) mass is 279 g/mol. The van der Waals surface area contributed by atoms with E-state index >= 15 is 0 Å². The molecule has 0 radical (unpaired) electrons. The summed E-state index contributed by atoms with van der Waals surface area (Å²) in [5, 5.41) is 4.88. The summed E-state index contributed by atoms with van der Waals surface area (Å²) >= 11 is 0. The first-order chi connectivity index (χ1) is 10.3. The first-order valence-corrected chi connectivity index (χ1v) is 7.06. The Morgan fingerprint density at radius 2 is 1.95 bits per heavy atom. The first-order valence-electron chi connectivity index (χ1n) is 7.06. The van der Waals surface area contributed by atoms with E-state index in [1.165, 1.54) is 0 Å². The van der Waals surface area contributed by atoms with Gasteiger partial charge >= 0.3 is 0 Å². The zero-order valence-electron chi connectivity index (χ0n) is 11.9. The van der Waals surface area contributed by atoms with Crippen molar-refractivity contribution in [1.82, 2.24) is 9.55 Å². The van der Waals surface area contributed by atoms with E-state index in [2.05, 4.69) is 10.3 Å². The normalized spacial score (nSPS) is 10.7. The van der Waals surface area contributed by atoms with Crippen molar-refractivity contribution in [1.29, 1.82) is 0 Å². The van der Waals surface area contributed by atoms with Crippen LogP contribution < -0.4 is 10.9 Å². The molecule has 0 bridgehead atoms. The quantitative estimate of drug-likeness (QED) is 0.799. The van der Waals surface area contributed by atoms with E-state index in [0.29, 0.717) is 6.54 Å². The molecule has 0 aliphatic carbocycles. The molecule has 3 aromatic rings. The van der Waals surface area contributed by atoms with Crippen LogP contribution in [0.2, 0.25) is 0 Å². The Hall–Kier alpha value is -2.62. The second-order valence-electron chi connectivity index (χ2n) is 4.88. The molecule has 0 unspecified atom stereocenters. The predicted octanol–water partition coefficient (Wildman–Crippen LogP) is 2.88. The Labute approximate surface area is 123 Å². The number of fused-ring (bicyclic) bond motifs is 1. The van der Waals surface area contributed by atoms with Crippen molar-refractivity contribution in [3.8, 4) is 0 Å². The van der Waals surface area contributed by atoms with Gasteiger partial charge in [-0.15, -0.1) is 0 Å². The van der Waals surface area contributed by atoms with Gasteiger partial charge in [0, 0.05) is 18.1 Å². The summed E-state index contributed by atoms with van der Waals surface area (Å²) in [6.07, 6.45) is 1.83. The van der Waals surface area contributed by atoms with E-state index < -0.39 is 0 Å². The number of benzene rings is 1. The Morgan fingerprint density at radius 3 is 2.81 bits per heavy atom. The lowest BCUT2D eigenvalue weighted by molar-refractivity contribution is 0.747. The minimum absolute atomic E-state index is 0.0174. The fraction of sp³-hybridized carbons (Fsp3) is 0.176. The molecule has 0 saturated heterocycles. The van der Waals surface area contributed by atoms with Gasteiger partial charge in [0.1, 0.15) is 5.82 Å². The van der Waals surface area contributed by atoms with Crippen LogP contribution in [0.3, 0.4) is 0 Å². The van der Waals surface area contributed by atoms with E-state index in [4.69, 9.17) is 0 Å². The lowest BCUT2D eigenvalue weighted by atomic mass is 10.2. The number of nitrogens with zero attached hydrogens (tertiary/aromatic N) is 2. The number of rotatable bonds is 4. The van der Waals surface area contributed by atoms with Crippen LogP contribution in [0.15, 0.2) is 59.5 Å². The number of hydrogen-bond donors (Lipinski definition) is 1. The van der Waals surface area contributed by atoms with Gasteiger partial charge in [0.2, 0.25) is 0 Å². The average Bonchev–Trinajstić information content (AvgIpc) is 2.51. The van der Waals surface area contributed by atoms with Gasteiger partial charge in [-0.1, -0.05) is 24.3 Å². The first kappa shape index (κ1) is 13.4. The number of hydrogen-bond acceptors (Lipinski definition) is 3. The molecule has 3 rings (SSSR count). The highest BCUT2D eigenvalue weighted by atomic mass is 16.1. The third kappa shape index (κ3) is 2.79. The predicted molar refractivity (Wildman–Crippen MR) is 85.7 cm³/mol. The summed E-state index contributed by atoms with van der Waals surface area (Å²) < 4.78 is 1.69. The van der Waals surface area contributed by atoms with Crippen LogP contribution in [0.25, 0.3) is 10.8 Å². The van der Waals surface area contributed by atoms with Gasteiger partial charge in [-0.2, -0.15) is 0 Å². The lowest BCUT2D eigenvalue weighted by Crippen LogP contribution is -2.20. The highest BCUT2D eigenvalue weighted by Gasteiger charge is 2.04. The number of nitrogens with one attached hydrogen (secondary N) is 1. The third-order valence-corrected chi connectivity index (χ3v) is 3.38. The van der Waals surface area contributed by atoms with Crippen LogP contribution in [0.4, 0.5) is 5.82 Å². The summed E-state index contributed by atoms with van der Waals surface area (Å²) in [6.45, 7) is 3.33. The van der Waals surface area contributed by atoms with E-state index in [0.717, 1.165) is 28.8 Å². The summed E-state index contributed by atoms with van der Waals surface area (Å²) in [7, 11) is 0. The van der Waals surface area contributed by atoms with Crippen LogP contribution in [0.5, 0.6) is 0 Å². The molecular formula is C17H17N3O. The molecule has 106 valence electrons. The minimum atomic E-state index is 0.0174. The van der Waals surface area contributed by atoms with Crippen LogP contribution >= 0.6 is 0 Å². The Balaban J connectivity index is 1.96. The fourth-order valence-electron chi connectivity index (χ4n) is 2.38. The van der Waals surface area contributed by atoms with Gasteiger partial charge in [-0.25, -0.2) is 4.98 Å². The zero-order chi connectivity index (χ0) is 14.7. The highest BCUT2D eigenvalue weighted by Crippen LogP contribution is 2.10. The molecule has 1 N–H and O–H groups in total. The molecule has 4 nitrogen and oxygen atoms in total. The fourth-order valence-corrected chi connectivity index (χ4v) is 2.38. The number of aromatic nitrogens is 2.